The molecule has 0 spiro atoms. The van der Waals surface area contributed by atoms with Crippen LogP contribution in [0.15, 0.2) is 40.5 Å². The third-order valence-electron chi connectivity index (χ3n) is 3.56. The number of benzene rings is 1. The summed E-state index contributed by atoms with van der Waals surface area (Å²) in [7, 11) is 4.95. The topological polar surface area (TPSA) is 44.1 Å². The molecule has 0 radical (unpaired) electrons. The molecule has 1 aliphatic rings. The number of nitrogens with zero attached hydrogens (tertiary/aromatic N) is 1. The molecule has 0 bridgehead atoms. The number of rotatable bonds is 4. The third kappa shape index (κ3) is 2.88. The number of thiocarbonyl (C=S) groups is 2. The number of para-hydroxylation sites is 1. The summed E-state index contributed by atoms with van der Waals surface area (Å²) in [6, 6.07) is 9.28. The number of methoxy groups -OCH3 is 2. The molecule has 0 N–H and O–H groups in total. The van der Waals surface area contributed by atoms with E-state index in [1.165, 1.54) is 0 Å². The van der Waals surface area contributed by atoms with Crippen LogP contribution in [0.4, 0.5) is 0 Å². The minimum absolute atomic E-state index is 0.326. The fourth-order valence-electron chi connectivity index (χ4n) is 2.33. The lowest BCUT2D eigenvalue weighted by atomic mass is 10.1. The highest BCUT2D eigenvalue weighted by molar-refractivity contribution is 7.82. The summed E-state index contributed by atoms with van der Waals surface area (Å²) in [6.45, 7) is 0. The van der Waals surface area contributed by atoms with Crippen LogP contribution in [0.5, 0.6) is 11.5 Å². The maximum absolute atomic E-state index is 5.88. The van der Waals surface area contributed by atoms with Crippen molar-refractivity contribution < 1.29 is 18.6 Å². The molecule has 124 valence electrons. The van der Waals surface area contributed by atoms with Gasteiger partial charge in [-0.25, -0.2) is 0 Å². The Balaban J connectivity index is 1.95. The summed E-state index contributed by atoms with van der Waals surface area (Å²) >= 11 is 10.3. The summed E-state index contributed by atoms with van der Waals surface area (Å²) < 4.78 is 22.1. The average molecular weight is 361 g/mol. The Morgan fingerprint density at radius 3 is 2.50 bits per heavy atom. The van der Waals surface area contributed by atoms with E-state index in [0.717, 1.165) is 5.56 Å². The van der Waals surface area contributed by atoms with Gasteiger partial charge in [-0.15, -0.1) is 0 Å². The molecular formula is C17H15NO4S2. The molecule has 24 heavy (non-hydrogen) atoms. The van der Waals surface area contributed by atoms with Crippen LogP contribution in [-0.2, 0) is 4.74 Å². The van der Waals surface area contributed by atoms with Crippen LogP contribution in [0, 0.1) is 0 Å². The molecule has 1 aromatic heterocycles. The Morgan fingerprint density at radius 2 is 1.88 bits per heavy atom. The smallest absolute Gasteiger partial charge is 0.270 e. The van der Waals surface area contributed by atoms with Crippen molar-refractivity contribution >= 4 is 40.7 Å². The molecule has 7 heteroatoms. The van der Waals surface area contributed by atoms with Crippen LogP contribution in [0.1, 0.15) is 5.76 Å². The molecule has 0 aliphatic carbocycles. The van der Waals surface area contributed by atoms with Crippen molar-refractivity contribution in [2.75, 3.05) is 21.3 Å². The van der Waals surface area contributed by atoms with E-state index in [1.54, 1.807) is 32.2 Å². The molecule has 2 heterocycles. The van der Waals surface area contributed by atoms with Crippen molar-refractivity contribution in [2.24, 2.45) is 0 Å². The second-order valence-electron chi connectivity index (χ2n) is 4.98. The van der Waals surface area contributed by atoms with Gasteiger partial charge in [0.15, 0.2) is 22.2 Å². The predicted octanol–water partition coefficient (Wildman–Crippen LogP) is 3.88. The molecule has 3 rings (SSSR count). The zero-order valence-corrected chi connectivity index (χ0v) is 15.0. The fourth-order valence-corrected chi connectivity index (χ4v) is 2.75. The summed E-state index contributed by atoms with van der Waals surface area (Å²) in [5, 5.41) is 0.326. The van der Waals surface area contributed by atoms with Crippen LogP contribution in [0.25, 0.3) is 17.4 Å². The Labute approximate surface area is 150 Å². The second kappa shape index (κ2) is 6.62. The van der Waals surface area contributed by atoms with Crippen molar-refractivity contribution in [1.29, 1.82) is 0 Å². The Hall–Kier alpha value is -2.38. The van der Waals surface area contributed by atoms with Gasteiger partial charge < -0.3 is 18.6 Å². The monoisotopic (exact) mass is 361 g/mol. The Morgan fingerprint density at radius 1 is 1.08 bits per heavy atom. The molecule has 0 unspecified atom stereocenters. The van der Waals surface area contributed by atoms with Gasteiger partial charge in [0.2, 0.25) is 0 Å². The first kappa shape index (κ1) is 16.5. The van der Waals surface area contributed by atoms with E-state index < -0.39 is 0 Å². The molecule has 5 nitrogen and oxygen atoms in total. The number of hydrogen-bond acceptors (Lipinski definition) is 6. The van der Waals surface area contributed by atoms with E-state index >= 15 is 0 Å². The average Bonchev–Trinajstić information content (AvgIpc) is 3.15. The van der Waals surface area contributed by atoms with Crippen molar-refractivity contribution in [2.45, 2.75) is 0 Å². The van der Waals surface area contributed by atoms with Crippen molar-refractivity contribution in [3.05, 3.63) is 41.9 Å². The molecule has 1 saturated heterocycles. The van der Waals surface area contributed by atoms with E-state index in [1.807, 2.05) is 30.3 Å². The van der Waals surface area contributed by atoms with Crippen LogP contribution in [0.2, 0.25) is 0 Å². The Kier molecular flexibility index (Phi) is 4.55. The van der Waals surface area contributed by atoms with Gasteiger partial charge >= 0.3 is 0 Å². The van der Waals surface area contributed by atoms with Gasteiger partial charge in [0.1, 0.15) is 11.5 Å². The highest BCUT2D eigenvalue weighted by atomic mass is 32.1. The van der Waals surface area contributed by atoms with Gasteiger partial charge in [0.25, 0.3) is 5.17 Å². The molecule has 1 fully saturated rings. The predicted molar refractivity (Wildman–Crippen MR) is 99.3 cm³/mol. The van der Waals surface area contributed by atoms with E-state index in [2.05, 4.69) is 0 Å². The number of furan rings is 1. The molecule has 0 atom stereocenters. The highest BCUT2D eigenvalue weighted by Crippen LogP contribution is 2.38. The molecule has 2 aromatic rings. The Bertz CT molecular complexity index is 841. The van der Waals surface area contributed by atoms with Crippen LogP contribution < -0.4 is 9.47 Å². The zero-order chi connectivity index (χ0) is 17.3. The van der Waals surface area contributed by atoms with Gasteiger partial charge in [-0.2, -0.15) is 0 Å². The largest absolute Gasteiger partial charge is 0.493 e. The molecule has 0 amide bonds. The van der Waals surface area contributed by atoms with Crippen molar-refractivity contribution in [3.63, 3.8) is 0 Å². The van der Waals surface area contributed by atoms with E-state index in [9.17, 15) is 0 Å². The van der Waals surface area contributed by atoms with Crippen LogP contribution >= 0.6 is 24.4 Å². The third-order valence-corrected chi connectivity index (χ3v) is 4.39. The van der Waals surface area contributed by atoms with Gasteiger partial charge in [-0.1, -0.05) is 18.3 Å². The number of ether oxygens (including phenoxy) is 3. The lowest BCUT2D eigenvalue weighted by Gasteiger charge is -2.10. The first-order valence-corrected chi connectivity index (χ1v) is 7.89. The molecule has 0 saturated carbocycles. The first-order chi connectivity index (χ1) is 11.5. The van der Waals surface area contributed by atoms with Gasteiger partial charge in [-0.3, -0.25) is 4.90 Å². The lowest BCUT2D eigenvalue weighted by molar-refractivity contribution is 0.355. The van der Waals surface area contributed by atoms with Crippen LogP contribution in [0.3, 0.4) is 0 Å². The van der Waals surface area contributed by atoms with E-state index in [-0.39, 0.29) is 0 Å². The fraction of sp³-hybridized carbons (Fsp3) is 0.176. The zero-order valence-electron chi connectivity index (χ0n) is 13.4. The van der Waals surface area contributed by atoms with Gasteiger partial charge in [0.05, 0.1) is 19.8 Å². The highest BCUT2D eigenvalue weighted by Gasteiger charge is 2.26. The van der Waals surface area contributed by atoms with Crippen LogP contribution in [-0.4, -0.2) is 36.3 Å². The first-order valence-electron chi connectivity index (χ1n) is 7.08. The maximum Gasteiger partial charge on any atom is 0.270 e. The lowest BCUT2D eigenvalue weighted by Crippen LogP contribution is -2.21. The standard InChI is InChI=1S/C17H15NO4S2/c1-18-16(23)14(22-17(18)24)9-10-7-8-12(21-10)11-5-4-6-13(19-2)15(11)20-3/h4-9H,1-3H3. The van der Waals surface area contributed by atoms with Gasteiger partial charge in [0, 0.05) is 13.1 Å². The summed E-state index contributed by atoms with van der Waals surface area (Å²) in [4.78, 5) is 2.16. The second-order valence-corrected chi connectivity index (χ2v) is 5.72. The normalized spacial score (nSPS) is 15.8. The number of likely N-dealkylation sites (N-methyl/N-ethyl adjacent to an activating group) is 1. The summed E-state index contributed by atoms with van der Waals surface area (Å²) in [6.07, 6.45) is 1.72. The maximum atomic E-state index is 5.88. The summed E-state index contributed by atoms with van der Waals surface area (Å²) in [5.74, 6) is 3.00. The molecule has 1 aromatic carbocycles. The molecular weight excluding hydrogens is 346 g/mol. The van der Waals surface area contributed by atoms with E-state index in [0.29, 0.717) is 38.9 Å². The SMILES string of the molecule is COc1cccc(-c2ccc(C=C3OC(=S)N(C)C3=S)o2)c1OC. The minimum Gasteiger partial charge on any atom is -0.493 e. The van der Waals surface area contributed by atoms with Crippen molar-refractivity contribution in [1.82, 2.24) is 4.90 Å². The number of hydrogen-bond donors (Lipinski definition) is 0. The van der Waals surface area contributed by atoms with Crippen molar-refractivity contribution in [3.8, 4) is 22.8 Å². The quantitative estimate of drug-likeness (QED) is 0.605. The van der Waals surface area contributed by atoms with Gasteiger partial charge in [-0.05, 0) is 36.5 Å². The van der Waals surface area contributed by atoms with E-state index in [4.69, 9.17) is 43.1 Å². The molecule has 1 aliphatic heterocycles. The minimum atomic E-state index is 0.326. The summed E-state index contributed by atoms with van der Waals surface area (Å²) in [5.41, 5.74) is 0.795.